The Labute approximate surface area is 106 Å². The molecule has 2 rings (SSSR count). The summed E-state index contributed by atoms with van der Waals surface area (Å²) < 4.78 is 26.4. The zero-order valence-electron chi connectivity index (χ0n) is 8.82. The Morgan fingerprint density at radius 1 is 1.22 bits per heavy atom. The van der Waals surface area contributed by atoms with Gasteiger partial charge in [0.15, 0.2) is 0 Å². The quantitative estimate of drug-likeness (QED) is 0.850. The standard InChI is InChI=1S/C12H6ClF2NO2/c13-11-10(12(17)18)8(3-4-16-11)7-2-1-6(14)5-9(7)15/h1-5H,(H,17,18). The average Bonchev–Trinajstić information content (AvgIpc) is 2.28. The molecule has 18 heavy (non-hydrogen) atoms. The van der Waals surface area contributed by atoms with Gasteiger partial charge in [0.25, 0.3) is 0 Å². The maximum absolute atomic E-state index is 13.6. The molecule has 0 aliphatic rings. The summed E-state index contributed by atoms with van der Waals surface area (Å²) >= 11 is 5.67. The number of hydrogen-bond donors (Lipinski definition) is 1. The fourth-order valence-corrected chi connectivity index (χ4v) is 1.81. The maximum Gasteiger partial charge on any atom is 0.339 e. The van der Waals surface area contributed by atoms with Crippen LogP contribution in [0.15, 0.2) is 30.5 Å². The highest BCUT2D eigenvalue weighted by Crippen LogP contribution is 2.29. The van der Waals surface area contributed by atoms with E-state index in [2.05, 4.69) is 4.98 Å². The number of carboxylic acids is 1. The number of nitrogens with zero attached hydrogens (tertiary/aromatic N) is 1. The molecule has 6 heteroatoms. The van der Waals surface area contributed by atoms with E-state index in [-0.39, 0.29) is 21.8 Å². The molecule has 0 amide bonds. The summed E-state index contributed by atoms with van der Waals surface area (Å²) in [4.78, 5) is 14.7. The van der Waals surface area contributed by atoms with Crippen LogP contribution in [0.4, 0.5) is 8.78 Å². The van der Waals surface area contributed by atoms with E-state index in [1.54, 1.807) is 0 Å². The van der Waals surface area contributed by atoms with E-state index in [1.165, 1.54) is 12.3 Å². The fraction of sp³-hybridized carbons (Fsp3) is 0. The fourth-order valence-electron chi connectivity index (χ4n) is 1.57. The summed E-state index contributed by atoms with van der Waals surface area (Å²) in [5.41, 5.74) is -0.303. The van der Waals surface area contributed by atoms with Crippen molar-refractivity contribution >= 4 is 17.6 Å². The van der Waals surface area contributed by atoms with Crippen LogP contribution in [0, 0.1) is 11.6 Å². The van der Waals surface area contributed by atoms with E-state index in [0.29, 0.717) is 6.07 Å². The van der Waals surface area contributed by atoms with Gasteiger partial charge in [-0.05, 0) is 18.2 Å². The molecule has 92 valence electrons. The summed E-state index contributed by atoms with van der Waals surface area (Å²) in [5.74, 6) is -2.93. The van der Waals surface area contributed by atoms with Crippen LogP contribution in [-0.2, 0) is 0 Å². The molecular formula is C12H6ClF2NO2. The molecule has 1 heterocycles. The molecule has 0 saturated carbocycles. The van der Waals surface area contributed by atoms with Crippen LogP contribution in [-0.4, -0.2) is 16.1 Å². The number of carboxylic acid groups (broad SMARTS) is 1. The van der Waals surface area contributed by atoms with Crippen LogP contribution in [0.2, 0.25) is 5.15 Å². The number of halogens is 3. The lowest BCUT2D eigenvalue weighted by molar-refractivity contribution is 0.0697. The Morgan fingerprint density at radius 2 is 1.94 bits per heavy atom. The first-order chi connectivity index (χ1) is 8.50. The van der Waals surface area contributed by atoms with Gasteiger partial charge in [0.2, 0.25) is 0 Å². The highest BCUT2D eigenvalue weighted by Gasteiger charge is 2.19. The normalized spacial score (nSPS) is 10.4. The largest absolute Gasteiger partial charge is 0.478 e. The second-order valence-electron chi connectivity index (χ2n) is 3.45. The van der Waals surface area contributed by atoms with Crippen LogP contribution in [0.25, 0.3) is 11.1 Å². The minimum atomic E-state index is -1.33. The Balaban J connectivity index is 2.71. The first kappa shape index (κ1) is 12.4. The predicted molar refractivity (Wildman–Crippen MR) is 61.6 cm³/mol. The van der Waals surface area contributed by atoms with Gasteiger partial charge in [-0.25, -0.2) is 18.6 Å². The van der Waals surface area contributed by atoms with Gasteiger partial charge in [0, 0.05) is 23.4 Å². The number of hydrogen-bond acceptors (Lipinski definition) is 2. The molecule has 0 unspecified atom stereocenters. The second kappa shape index (κ2) is 4.70. The number of aromatic carboxylic acids is 1. The lowest BCUT2D eigenvalue weighted by atomic mass is 10.0. The van der Waals surface area contributed by atoms with E-state index in [4.69, 9.17) is 16.7 Å². The third-order valence-electron chi connectivity index (χ3n) is 2.34. The van der Waals surface area contributed by atoms with Gasteiger partial charge in [-0.1, -0.05) is 11.6 Å². The van der Waals surface area contributed by atoms with E-state index in [9.17, 15) is 13.6 Å². The molecule has 1 aromatic carbocycles. The SMILES string of the molecule is O=C(O)c1c(-c2ccc(F)cc2F)ccnc1Cl. The van der Waals surface area contributed by atoms with Gasteiger partial charge in [-0.2, -0.15) is 0 Å². The van der Waals surface area contributed by atoms with Gasteiger partial charge < -0.3 is 5.11 Å². The molecule has 0 atom stereocenters. The number of pyridine rings is 1. The molecule has 0 radical (unpaired) electrons. The molecule has 0 bridgehead atoms. The number of carbonyl (C=O) groups is 1. The highest BCUT2D eigenvalue weighted by atomic mass is 35.5. The summed E-state index contributed by atoms with van der Waals surface area (Å²) in [6, 6.07) is 4.18. The maximum atomic E-state index is 13.6. The van der Waals surface area contributed by atoms with Crippen LogP contribution in [0.1, 0.15) is 10.4 Å². The Bertz CT molecular complexity index is 631. The summed E-state index contributed by atoms with van der Waals surface area (Å²) in [6.45, 7) is 0. The van der Waals surface area contributed by atoms with Gasteiger partial charge >= 0.3 is 5.97 Å². The molecule has 3 nitrogen and oxygen atoms in total. The molecule has 0 aliphatic heterocycles. The zero-order chi connectivity index (χ0) is 13.3. The molecule has 0 saturated heterocycles. The number of rotatable bonds is 2. The monoisotopic (exact) mass is 269 g/mol. The van der Waals surface area contributed by atoms with Crippen LogP contribution in [0.3, 0.4) is 0 Å². The van der Waals surface area contributed by atoms with E-state index < -0.39 is 17.6 Å². The zero-order valence-corrected chi connectivity index (χ0v) is 9.58. The highest BCUT2D eigenvalue weighted by molar-refractivity contribution is 6.33. The lowest BCUT2D eigenvalue weighted by Gasteiger charge is -2.08. The Hall–Kier alpha value is -2.01. The predicted octanol–water partition coefficient (Wildman–Crippen LogP) is 3.38. The first-order valence-electron chi connectivity index (χ1n) is 4.84. The molecular weight excluding hydrogens is 264 g/mol. The summed E-state index contributed by atoms with van der Waals surface area (Å²) in [5, 5.41) is 8.79. The average molecular weight is 270 g/mol. The Kier molecular flexibility index (Phi) is 3.25. The van der Waals surface area contributed by atoms with Gasteiger partial charge in [0.1, 0.15) is 22.4 Å². The van der Waals surface area contributed by atoms with Crippen molar-refractivity contribution in [3.8, 4) is 11.1 Å². The number of benzene rings is 1. The molecule has 1 aromatic heterocycles. The molecule has 1 N–H and O–H groups in total. The molecule has 0 spiro atoms. The number of aromatic nitrogens is 1. The minimum absolute atomic E-state index is 0.0434. The van der Waals surface area contributed by atoms with Gasteiger partial charge in [0.05, 0.1) is 0 Å². The van der Waals surface area contributed by atoms with Crippen molar-refractivity contribution in [2.45, 2.75) is 0 Å². The van der Waals surface area contributed by atoms with Gasteiger partial charge in [-0.3, -0.25) is 0 Å². The molecule has 0 fully saturated rings. The van der Waals surface area contributed by atoms with E-state index >= 15 is 0 Å². The lowest BCUT2D eigenvalue weighted by Crippen LogP contribution is -2.03. The van der Waals surface area contributed by atoms with Crippen molar-refractivity contribution in [3.63, 3.8) is 0 Å². The molecule has 2 aromatic rings. The van der Waals surface area contributed by atoms with Crippen molar-refractivity contribution in [2.75, 3.05) is 0 Å². The second-order valence-corrected chi connectivity index (χ2v) is 3.81. The van der Waals surface area contributed by atoms with Crippen molar-refractivity contribution < 1.29 is 18.7 Å². The third-order valence-corrected chi connectivity index (χ3v) is 2.63. The summed E-state index contributed by atoms with van der Waals surface area (Å²) in [6.07, 6.45) is 1.26. The third kappa shape index (κ3) is 2.17. The minimum Gasteiger partial charge on any atom is -0.478 e. The van der Waals surface area contributed by atoms with Crippen LogP contribution >= 0.6 is 11.6 Å². The van der Waals surface area contributed by atoms with Crippen molar-refractivity contribution in [1.82, 2.24) is 4.98 Å². The van der Waals surface area contributed by atoms with Crippen molar-refractivity contribution in [1.29, 1.82) is 0 Å². The van der Waals surface area contributed by atoms with Crippen LogP contribution < -0.4 is 0 Å². The van der Waals surface area contributed by atoms with Crippen molar-refractivity contribution in [2.24, 2.45) is 0 Å². The first-order valence-corrected chi connectivity index (χ1v) is 5.21. The van der Waals surface area contributed by atoms with Crippen LogP contribution in [0.5, 0.6) is 0 Å². The summed E-state index contributed by atoms with van der Waals surface area (Å²) in [7, 11) is 0. The van der Waals surface area contributed by atoms with E-state index in [1.807, 2.05) is 0 Å². The smallest absolute Gasteiger partial charge is 0.339 e. The topological polar surface area (TPSA) is 50.2 Å². The van der Waals surface area contributed by atoms with Gasteiger partial charge in [-0.15, -0.1) is 0 Å². The van der Waals surface area contributed by atoms with E-state index in [0.717, 1.165) is 12.1 Å². The van der Waals surface area contributed by atoms with Crippen molar-refractivity contribution in [3.05, 3.63) is 52.8 Å². The Morgan fingerprint density at radius 3 is 2.56 bits per heavy atom. The molecule has 0 aliphatic carbocycles.